The highest BCUT2D eigenvalue weighted by Crippen LogP contribution is 2.40. The molecule has 2 N–H and O–H groups in total. The average molecular weight is 492 g/mol. The molecule has 0 aromatic rings. The fourth-order valence-corrected chi connectivity index (χ4v) is 2.48. The maximum atomic E-state index is 13.3. The minimum Gasteiger partial charge on any atom is -0.456 e. The minimum absolute atomic E-state index is 0.393. The van der Waals surface area contributed by atoms with Gasteiger partial charge >= 0.3 is 33.4 Å². The van der Waals surface area contributed by atoms with Gasteiger partial charge in [-0.05, 0) is 19.3 Å². The number of hydrogen-bond acceptors (Lipinski definition) is 6. The molecule has 2 unspecified atom stereocenters. The molecule has 2 atom stereocenters. The average Bonchev–Trinajstić information content (AvgIpc) is 2.55. The van der Waals surface area contributed by atoms with Gasteiger partial charge in [0.2, 0.25) is 0 Å². The molecule has 31 heavy (non-hydrogen) atoms. The summed E-state index contributed by atoms with van der Waals surface area (Å²) in [5.41, 5.74) is -4.10. The van der Waals surface area contributed by atoms with Crippen LogP contribution >= 0.6 is 0 Å². The van der Waals surface area contributed by atoms with Crippen LogP contribution in [0, 0.1) is 5.92 Å². The lowest BCUT2D eigenvalue weighted by Crippen LogP contribution is -2.54. The quantitative estimate of drug-likeness (QED) is 0.141. The second-order valence-electron chi connectivity index (χ2n) is 7.27. The lowest BCUT2D eigenvalue weighted by atomic mass is 9.91. The minimum atomic E-state index is -6.42. The fraction of sp³-hybridized carbons (Fsp3) is 0.812. The lowest BCUT2D eigenvalue weighted by Gasteiger charge is -2.35. The number of alkyl halides is 7. The monoisotopic (exact) mass is 492 g/mol. The number of rotatable bonds is 12. The van der Waals surface area contributed by atoms with Crippen LogP contribution in [0.15, 0.2) is 12.2 Å². The van der Waals surface area contributed by atoms with E-state index >= 15 is 0 Å². The van der Waals surface area contributed by atoms with Crippen LogP contribution < -0.4 is 0 Å². The Morgan fingerprint density at radius 1 is 1.10 bits per heavy atom. The van der Waals surface area contributed by atoms with Gasteiger partial charge in [0.1, 0.15) is 6.10 Å². The van der Waals surface area contributed by atoms with Crippen LogP contribution in [0.4, 0.5) is 30.7 Å². The van der Waals surface area contributed by atoms with Crippen molar-refractivity contribution in [2.75, 3.05) is 13.2 Å². The number of hydrogen-bond donors (Lipinski definition) is 2. The molecule has 0 aliphatic rings. The Balaban J connectivity index is 4.98. The summed E-state index contributed by atoms with van der Waals surface area (Å²) in [5, 5.41) is 3.95. The van der Waals surface area contributed by atoms with E-state index in [1.807, 2.05) is 0 Å². The first-order valence-electron chi connectivity index (χ1n) is 8.56. The van der Waals surface area contributed by atoms with Gasteiger partial charge in [-0.2, -0.15) is 39.2 Å². The molecule has 15 heteroatoms. The molecule has 0 fully saturated rings. The number of ether oxygens (including phenoxy) is 2. The molecule has 0 saturated heterocycles. The van der Waals surface area contributed by atoms with E-state index in [4.69, 9.17) is 4.55 Å². The summed E-state index contributed by atoms with van der Waals surface area (Å²) in [6, 6.07) is 0. The van der Waals surface area contributed by atoms with Crippen LogP contribution in [0.25, 0.3) is 0 Å². The maximum absolute atomic E-state index is 13.3. The Labute approximate surface area is 173 Å². The second kappa shape index (κ2) is 10.0. The van der Waals surface area contributed by atoms with Gasteiger partial charge in [0.05, 0.1) is 18.8 Å². The van der Waals surface area contributed by atoms with Crippen molar-refractivity contribution in [2.45, 2.75) is 62.7 Å². The van der Waals surface area contributed by atoms with Gasteiger partial charge in [-0.15, -0.1) is 0 Å². The number of halogens is 7. The molecule has 0 aromatic heterocycles. The van der Waals surface area contributed by atoms with Crippen molar-refractivity contribution in [3.8, 4) is 0 Å². The smallest absolute Gasteiger partial charge is 0.431 e. The molecule has 184 valence electrons. The number of carbonyl (C=O) groups is 1. The third-order valence-electron chi connectivity index (χ3n) is 4.01. The zero-order valence-electron chi connectivity index (χ0n) is 16.7. The molecule has 0 heterocycles. The van der Waals surface area contributed by atoms with Gasteiger partial charge in [0.15, 0.2) is 5.60 Å². The largest absolute Gasteiger partial charge is 0.456 e. The summed E-state index contributed by atoms with van der Waals surface area (Å²) in [4.78, 5) is 11.9. The van der Waals surface area contributed by atoms with E-state index in [0.717, 1.165) is 0 Å². The molecule has 0 amide bonds. The van der Waals surface area contributed by atoms with E-state index in [0.29, 0.717) is 6.92 Å². The van der Waals surface area contributed by atoms with E-state index in [2.05, 4.69) is 16.1 Å². The van der Waals surface area contributed by atoms with Crippen LogP contribution in [0.3, 0.4) is 0 Å². The van der Waals surface area contributed by atoms with Gasteiger partial charge < -0.3 is 14.6 Å². The molecule has 7 nitrogen and oxygen atoms in total. The summed E-state index contributed by atoms with van der Waals surface area (Å²) in [6.45, 7) is 4.33. The normalized spacial score (nSPS) is 16.7. The fourth-order valence-electron chi connectivity index (χ4n) is 2.00. The first kappa shape index (κ1) is 29.5. The topological polar surface area (TPSA) is 110 Å². The van der Waals surface area contributed by atoms with Crippen LogP contribution in [-0.4, -0.2) is 66.3 Å². The molecule has 0 radical (unpaired) electrons. The molecule has 0 aliphatic heterocycles. The molecule has 0 spiro atoms. The number of esters is 1. The molecule has 0 aliphatic carbocycles. The highest BCUT2D eigenvalue weighted by molar-refractivity contribution is 7.87. The Bertz CT molecular complexity index is 746. The van der Waals surface area contributed by atoms with E-state index in [1.165, 1.54) is 13.8 Å². The zero-order chi connectivity index (χ0) is 25.1. The van der Waals surface area contributed by atoms with Crippen molar-refractivity contribution in [3.63, 3.8) is 0 Å². The highest BCUT2D eigenvalue weighted by Gasteiger charge is 2.65. The van der Waals surface area contributed by atoms with Crippen molar-refractivity contribution < 1.29 is 63.1 Å². The lowest BCUT2D eigenvalue weighted by molar-refractivity contribution is -0.286. The Hall–Kier alpha value is -1.45. The standard InChI is InChI=1S/C16H23F7O7S/c1-9(2)7-11(13(4,25)15(19,20)21)30-12(24)10(3)8-29-6-5-14(17,18)16(22,23)31(26,27)28/h9,11,25H,3,5-8H2,1-2,4H3,(H,26,27,28). The van der Waals surface area contributed by atoms with E-state index in [-0.39, 0.29) is 0 Å². The third kappa shape index (κ3) is 7.57. The van der Waals surface area contributed by atoms with Crippen LogP contribution in [0.5, 0.6) is 0 Å². The van der Waals surface area contributed by atoms with Crippen molar-refractivity contribution in [1.82, 2.24) is 0 Å². The van der Waals surface area contributed by atoms with Crippen LogP contribution in [-0.2, 0) is 24.4 Å². The maximum Gasteiger partial charge on any atom is 0.431 e. The van der Waals surface area contributed by atoms with Crippen molar-refractivity contribution in [3.05, 3.63) is 12.2 Å². The van der Waals surface area contributed by atoms with Gasteiger partial charge in [0.25, 0.3) is 0 Å². The van der Waals surface area contributed by atoms with Crippen molar-refractivity contribution in [2.24, 2.45) is 5.92 Å². The van der Waals surface area contributed by atoms with Gasteiger partial charge in [-0.3, -0.25) is 4.55 Å². The van der Waals surface area contributed by atoms with E-state index < -0.39 is 82.7 Å². The van der Waals surface area contributed by atoms with Gasteiger partial charge in [-0.1, -0.05) is 20.4 Å². The highest BCUT2D eigenvalue weighted by atomic mass is 32.2. The summed E-state index contributed by atoms with van der Waals surface area (Å²) >= 11 is 0. The first-order chi connectivity index (χ1) is 13.6. The zero-order valence-corrected chi connectivity index (χ0v) is 17.5. The summed E-state index contributed by atoms with van der Waals surface area (Å²) < 4.78 is 130. The molecular formula is C16H23F7O7S. The summed E-state index contributed by atoms with van der Waals surface area (Å²) in [5.74, 6) is -7.14. The van der Waals surface area contributed by atoms with Crippen molar-refractivity contribution in [1.29, 1.82) is 0 Å². The third-order valence-corrected chi connectivity index (χ3v) is 4.96. The van der Waals surface area contributed by atoms with E-state index in [1.54, 1.807) is 0 Å². The predicted octanol–water partition coefficient (Wildman–Crippen LogP) is 3.34. The van der Waals surface area contributed by atoms with Crippen molar-refractivity contribution >= 4 is 16.1 Å². The predicted molar refractivity (Wildman–Crippen MR) is 92.0 cm³/mol. The first-order valence-corrected chi connectivity index (χ1v) is 10.00. The Morgan fingerprint density at radius 2 is 1.58 bits per heavy atom. The number of aliphatic hydroxyl groups is 1. The molecule has 0 aromatic carbocycles. The molecule has 0 saturated carbocycles. The van der Waals surface area contributed by atoms with Crippen LogP contribution in [0.1, 0.15) is 33.6 Å². The Kier molecular flexibility index (Phi) is 9.53. The molecular weight excluding hydrogens is 469 g/mol. The van der Waals surface area contributed by atoms with E-state index in [9.17, 15) is 49.1 Å². The Morgan fingerprint density at radius 3 is 1.97 bits per heavy atom. The molecule has 0 bridgehead atoms. The number of carbonyl (C=O) groups excluding carboxylic acids is 1. The van der Waals surface area contributed by atoms with Gasteiger partial charge in [-0.25, -0.2) is 4.79 Å². The SMILES string of the molecule is C=C(COCCC(F)(F)C(F)(F)S(=O)(=O)O)C(=O)OC(CC(C)C)C(C)(O)C(F)(F)F. The second-order valence-corrected chi connectivity index (χ2v) is 8.73. The summed E-state index contributed by atoms with van der Waals surface area (Å²) in [7, 11) is -6.42. The summed E-state index contributed by atoms with van der Waals surface area (Å²) in [6.07, 6.45) is -9.49. The van der Waals surface area contributed by atoms with Crippen LogP contribution in [0.2, 0.25) is 0 Å². The van der Waals surface area contributed by atoms with Gasteiger partial charge in [0, 0.05) is 6.42 Å². The molecule has 0 rings (SSSR count).